The molecule has 0 amide bonds. The van der Waals surface area contributed by atoms with Crippen LogP contribution in [0.25, 0.3) is 0 Å². The normalized spacial score (nSPS) is 11.1. The first kappa shape index (κ1) is 14.7. The third-order valence-electron chi connectivity index (χ3n) is 2.08. The van der Waals surface area contributed by atoms with Crippen molar-refractivity contribution in [1.82, 2.24) is 0 Å². The average Bonchev–Trinajstić information content (AvgIpc) is 2.14. The molecule has 0 N–H and O–H groups in total. The van der Waals surface area contributed by atoms with Crippen LogP contribution in [0, 0.1) is 0 Å². The molecule has 0 rings (SSSR count). The fourth-order valence-electron chi connectivity index (χ4n) is 1.23. The predicted molar refractivity (Wildman–Crippen MR) is 67.8 cm³/mol. The molecule has 0 aromatic rings. The zero-order valence-electron chi connectivity index (χ0n) is 9.72. The Morgan fingerprint density at radius 1 is 1.33 bits per heavy atom. The predicted octanol–water partition coefficient (Wildman–Crippen LogP) is 3.72. The summed E-state index contributed by atoms with van der Waals surface area (Å²) in [6.07, 6.45) is 5.60. The quantitative estimate of drug-likeness (QED) is 0.215. The molecule has 0 unspecified atom stereocenters. The van der Waals surface area contributed by atoms with Gasteiger partial charge in [0.25, 0.3) is 0 Å². The van der Waals surface area contributed by atoms with Gasteiger partial charge in [0.1, 0.15) is 7.38 Å². The van der Waals surface area contributed by atoms with E-state index in [0.717, 1.165) is 12.8 Å². The molecule has 0 saturated carbocycles. The molecule has 0 aliphatic rings. The zero-order chi connectivity index (χ0) is 11.7. The van der Waals surface area contributed by atoms with Gasteiger partial charge in [-0.25, -0.2) is 4.79 Å². The average molecular weight is 249 g/mol. The topological polar surface area (TPSA) is 26.3 Å². The van der Waals surface area contributed by atoms with Gasteiger partial charge in [0, 0.05) is 6.08 Å². The van der Waals surface area contributed by atoms with E-state index in [1.54, 1.807) is 0 Å². The molecule has 0 aliphatic heterocycles. The number of carbonyl (C=O) groups excluding carboxylic acids is 1. The minimum absolute atomic E-state index is 0.329. The Morgan fingerprint density at radius 2 is 1.93 bits per heavy atom. The molecule has 0 aliphatic carbocycles. The number of esters is 1. The first-order valence-electron chi connectivity index (χ1n) is 5.44. The van der Waals surface area contributed by atoms with Crippen LogP contribution in [0.3, 0.4) is 0 Å². The monoisotopic (exact) mass is 248 g/mol. The fourth-order valence-corrected chi connectivity index (χ4v) is 2.72. The van der Waals surface area contributed by atoms with Crippen LogP contribution < -0.4 is 0 Å². The van der Waals surface area contributed by atoms with Gasteiger partial charge >= 0.3 is 5.97 Å². The Labute approximate surface area is 98.4 Å². The van der Waals surface area contributed by atoms with Gasteiger partial charge < -0.3 is 4.74 Å². The third kappa shape index (κ3) is 11.6. The molecule has 0 atom stereocenters. The smallest absolute Gasteiger partial charge is 0.330 e. The number of rotatable bonds is 8. The van der Waals surface area contributed by atoms with Crippen molar-refractivity contribution in [3.05, 3.63) is 12.7 Å². The van der Waals surface area contributed by atoms with Crippen LogP contribution in [0.4, 0.5) is 0 Å². The minimum atomic E-state index is -1.38. The van der Waals surface area contributed by atoms with E-state index in [0.29, 0.717) is 6.61 Å². The summed E-state index contributed by atoms with van der Waals surface area (Å²) in [4.78, 5) is 10.7. The second-order valence-corrected chi connectivity index (χ2v) is 11.3. The maximum atomic E-state index is 10.7. The van der Waals surface area contributed by atoms with E-state index in [2.05, 4.69) is 19.7 Å². The Balaban J connectivity index is 3.19. The molecular formula is C11H21ClO2Si. The van der Waals surface area contributed by atoms with Crippen LogP contribution in [0.1, 0.15) is 25.7 Å². The van der Waals surface area contributed by atoms with Crippen LogP contribution in [0.15, 0.2) is 12.7 Å². The highest BCUT2D eigenvalue weighted by Crippen LogP contribution is 2.18. The molecule has 2 nitrogen and oxygen atoms in total. The van der Waals surface area contributed by atoms with E-state index < -0.39 is 7.38 Å². The summed E-state index contributed by atoms with van der Waals surface area (Å²) >= 11 is 6.19. The molecule has 4 heteroatoms. The van der Waals surface area contributed by atoms with Crippen molar-refractivity contribution < 1.29 is 9.53 Å². The SMILES string of the molecule is C=CC(=O)OCCCCCC[Si](C)(C)Cl. The van der Waals surface area contributed by atoms with Gasteiger partial charge in [0.05, 0.1) is 6.61 Å². The highest BCUT2D eigenvalue weighted by Gasteiger charge is 2.15. The Bertz CT molecular complexity index is 199. The van der Waals surface area contributed by atoms with Crippen LogP contribution in [0.2, 0.25) is 19.1 Å². The third-order valence-corrected chi connectivity index (χ3v) is 4.19. The molecule has 0 heterocycles. The Hall–Kier alpha value is -0.283. The summed E-state index contributed by atoms with van der Waals surface area (Å²) in [5, 5.41) is 0. The zero-order valence-corrected chi connectivity index (χ0v) is 11.5. The lowest BCUT2D eigenvalue weighted by atomic mass is 10.2. The fraction of sp³-hybridized carbons (Fsp3) is 0.727. The van der Waals surface area contributed by atoms with Gasteiger partial charge in [-0.05, 0) is 12.5 Å². The van der Waals surface area contributed by atoms with Gasteiger partial charge in [-0.3, -0.25) is 0 Å². The standard InChI is InChI=1S/C11H21ClO2Si/c1-4-11(13)14-9-7-5-6-8-10-15(2,3)12/h4H,1,5-10H2,2-3H3. The van der Waals surface area contributed by atoms with Crippen LogP contribution in [-0.2, 0) is 9.53 Å². The van der Waals surface area contributed by atoms with Gasteiger partial charge in [0.15, 0.2) is 0 Å². The summed E-state index contributed by atoms with van der Waals surface area (Å²) in [7, 11) is -1.38. The number of ether oxygens (including phenoxy) is 1. The lowest BCUT2D eigenvalue weighted by Crippen LogP contribution is -2.14. The molecule has 0 spiro atoms. The van der Waals surface area contributed by atoms with Crippen LogP contribution in [-0.4, -0.2) is 20.0 Å². The van der Waals surface area contributed by atoms with Crippen LogP contribution >= 0.6 is 11.1 Å². The number of hydrogen-bond acceptors (Lipinski definition) is 2. The van der Waals surface area contributed by atoms with Crippen molar-refractivity contribution in [3.63, 3.8) is 0 Å². The van der Waals surface area contributed by atoms with Gasteiger partial charge in [-0.15, -0.1) is 0 Å². The van der Waals surface area contributed by atoms with Crippen LogP contribution in [0.5, 0.6) is 0 Å². The van der Waals surface area contributed by atoms with E-state index in [1.807, 2.05) is 0 Å². The Kier molecular flexibility index (Phi) is 7.79. The first-order chi connectivity index (χ1) is 6.95. The highest BCUT2D eigenvalue weighted by molar-refractivity contribution is 7.19. The number of hydrogen-bond donors (Lipinski definition) is 0. The summed E-state index contributed by atoms with van der Waals surface area (Å²) in [6.45, 7) is 8.17. The lowest BCUT2D eigenvalue weighted by Gasteiger charge is -2.11. The van der Waals surface area contributed by atoms with E-state index in [9.17, 15) is 4.79 Å². The van der Waals surface area contributed by atoms with Crippen molar-refractivity contribution in [3.8, 4) is 0 Å². The molecule has 88 valence electrons. The second kappa shape index (κ2) is 7.94. The summed E-state index contributed by atoms with van der Waals surface area (Å²) in [6, 6.07) is 1.17. The van der Waals surface area contributed by atoms with Crippen molar-refractivity contribution in [2.75, 3.05) is 6.61 Å². The highest BCUT2D eigenvalue weighted by atomic mass is 35.6. The molecule has 0 fully saturated rings. The van der Waals surface area contributed by atoms with Crippen molar-refractivity contribution in [1.29, 1.82) is 0 Å². The number of unbranched alkanes of at least 4 members (excludes halogenated alkanes) is 3. The largest absolute Gasteiger partial charge is 0.463 e. The van der Waals surface area contributed by atoms with Gasteiger partial charge in [0.2, 0.25) is 0 Å². The number of carbonyl (C=O) groups is 1. The summed E-state index contributed by atoms with van der Waals surface area (Å²) in [5.74, 6) is -0.329. The molecule has 0 aromatic carbocycles. The number of halogens is 1. The van der Waals surface area contributed by atoms with Crippen molar-refractivity contribution in [2.24, 2.45) is 0 Å². The summed E-state index contributed by atoms with van der Waals surface area (Å²) in [5.41, 5.74) is 0. The van der Waals surface area contributed by atoms with E-state index in [-0.39, 0.29) is 5.97 Å². The van der Waals surface area contributed by atoms with Gasteiger partial charge in [-0.2, -0.15) is 11.1 Å². The Morgan fingerprint density at radius 3 is 2.47 bits per heavy atom. The van der Waals surface area contributed by atoms with Crippen molar-refractivity contribution >= 4 is 24.4 Å². The maximum absolute atomic E-state index is 10.7. The first-order valence-corrected chi connectivity index (χ1v) is 9.66. The molecule has 15 heavy (non-hydrogen) atoms. The van der Waals surface area contributed by atoms with Gasteiger partial charge in [-0.1, -0.05) is 38.9 Å². The van der Waals surface area contributed by atoms with E-state index in [1.165, 1.54) is 25.0 Å². The summed E-state index contributed by atoms with van der Waals surface area (Å²) < 4.78 is 4.86. The molecule has 0 saturated heterocycles. The molecule has 0 bridgehead atoms. The molecule has 0 aromatic heterocycles. The molecular weight excluding hydrogens is 228 g/mol. The van der Waals surface area contributed by atoms with E-state index >= 15 is 0 Å². The molecule has 0 radical (unpaired) electrons. The maximum Gasteiger partial charge on any atom is 0.330 e. The minimum Gasteiger partial charge on any atom is -0.463 e. The van der Waals surface area contributed by atoms with E-state index in [4.69, 9.17) is 15.8 Å². The second-order valence-electron chi connectivity index (χ2n) is 4.25. The lowest BCUT2D eigenvalue weighted by molar-refractivity contribution is -0.137. The van der Waals surface area contributed by atoms with Crippen molar-refractivity contribution in [2.45, 2.75) is 44.8 Å².